The minimum atomic E-state index is 1.14. The van der Waals surface area contributed by atoms with Crippen LogP contribution >= 0.6 is 11.3 Å². The summed E-state index contributed by atoms with van der Waals surface area (Å²) >= 11 is 1.87. The molecule has 0 saturated heterocycles. The van der Waals surface area contributed by atoms with Crippen LogP contribution in [0.4, 0.5) is 17.1 Å². The number of nitrogens with zero attached hydrogens (tertiary/aromatic N) is 1. The third-order valence-electron chi connectivity index (χ3n) is 8.05. The molecule has 0 saturated carbocycles. The van der Waals surface area contributed by atoms with E-state index in [1.165, 1.54) is 58.9 Å². The van der Waals surface area contributed by atoms with Crippen LogP contribution in [0.15, 0.2) is 164 Å². The maximum Gasteiger partial charge on any atom is 0.0554 e. The highest BCUT2D eigenvalue weighted by Crippen LogP contribution is 2.46. The maximum absolute atomic E-state index is 2.41. The van der Waals surface area contributed by atoms with E-state index in [1.807, 2.05) is 11.3 Å². The molecule has 0 amide bonds. The number of hydrogen-bond acceptors (Lipinski definition) is 2. The van der Waals surface area contributed by atoms with Gasteiger partial charge in [-0.1, -0.05) is 127 Å². The molecule has 7 aromatic carbocycles. The lowest BCUT2D eigenvalue weighted by molar-refractivity contribution is 1.30. The van der Waals surface area contributed by atoms with Crippen molar-refractivity contribution in [1.29, 1.82) is 0 Å². The third kappa shape index (κ3) is 4.25. The second-order valence-corrected chi connectivity index (χ2v) is 11.7. The van der Waals surface area contributed by atoms with Crippen LogP contribution in [0.2, 0.25) is 0 Å². The molecule has 0 spiro atoms. The van der Waals surface area contributed by atoms with Gasteiger partial charge in [0.2, 0.25) is 0 Å². The van der Waals surface area contributed by atoms with Gasteiger partial charge < -0.3 is 4.90 Å². The van der Waals surface area contributed by atoms with Gasteiger partial charge in [-0.2, -0.15) is 0 Å². The molecule has 1 nitrogen and oxygen atoms in total. The van der Waals surface area contributed by atoms with Crippen molar-refractivity contribution in [3.63, 3.8) is 0 Å². The Morgan fingerprint density at radius 3 is 1.67 bits per heavy atom. The molecule has 1 aromatic heterocycles. The lowest BCUT2D eigenvalue weighted by atomic mass is 9.99. The fourth-order valence-corrected chi connectivity index (χ4v) is 7.23. The van der Waals surface area contributed by atoms with Crippen LogP contribution in [-0.4, -0.2) is 0 Å². The summed E-state index contributed by atoms with van der Waals surface area (Å²) in [4.78, 5) is 2.41. The summed E-state index contributed by atoms with van der Waals surface area (Å²) in [6.45, 7) is 0. The predicted octanol–water partition coefficient (Wildman–Crippen LogP) is 12.0. The van der Waals surface area contributed by atoms with E-state index in [9.17, 15) is 0 Å². The van der Waals surface area contributed by atoms with E-state index in [0.29, 0.717) is 0 Å². The van der Waals surface area contributed by atoms with Crippen LogP contribution in [0.25, 0.3) is 53.2 Å². The quantitative estimate of drug-likeness (QED) is 0.205. The summed E-state index contributed by atoms with van der Waals surface area (Å²) in [7, 11) is 0. The van der Waals surface area contributed by atoms with Crippen molar-refractivity contribution in [2.75, 3.05) is 4.90 Å². The monoisotopic (exact) mass is 553 g/mol. The van der Waals surface area contributed by atoms with Crippen LogP contribution in [0.3, 0.4) is 0 Å². The zero-order chi connectivity index (χ0) is 27.9. The number of anilines is 3. The van der Waals surface area contributed by atoms with Crippen LogP contribution in [-0.2, 0) is 0 Å². The second-order valence-electron chi connectivity index (χ2n) is 10.6. The molecule has 8 aromatic rings. The van der Waals surface area contributed by atoms with Gasteiger partial charge >= 0.3 is 0 Å². The average Bonchev–Trinajstić information content (AvgIpc) is 3.45. The molecule has 8 rings (SSSR count). The largest absolute Gasteiger partial charge is 0.310 e. The highest BCUT2D eigenvalue weighted by atomic mass is 32.1. The van der Waals surface area contributed by atoms with Gasteiger partial charge in [-0.25, -0.2) is 0 Å². The molecular weight excluding hydrogens is 527 g/mol. The molecule has 0 bridgehead atoms. The van der Waals surface area contributed by atoms with Crippen molar-refractivity contribution in [3.05, 3.63) is 164 Å². The van der Waals surface area contributed by atoms with E-state index in [0.717, 1.165) is 11.4 Å². The number of para-hydroxylation sites is 1. The number of rotatable bonds is 5. The molecule has 0 fully saturated rings. The standard InChI is InChI=1S/C40H27NS/c1-3-12-28(13-4-1)29-22-24-30(25-23-29)31-14-11-17-33(26-31)41(32-15-5-2-6-16-32)37-27-39-40(35-19-8-7-18-34(35)37)36-20-9-10-21-38(36)42-39/h1-27H. The highest BCUT2D eigenvalue weighted by Gasteiger charge is 2.19. The molecule has 0 unspecified atom stereocenters. The van der Waals surface area contributed by atoms with Gasteiger partial charge in [0.25, 0.3) is 0 Å². The van der Waals surface area contributed by atoms with Gasteiger partial charge in [-0.05, 0) is 64.0 Å². The molecule has 1 heterocycles. The Morgan fingerprint density at radius 1 is 0.357 bits per heavy atom. The van der Waals surface area contributed by atoms with E-state index in [4.69, 9.17) is 0 Å². The molecule has 0 radical (unpaired) electrons. The van der Waals surface area contributed by atoms with Crippen LogP contribution in [0, 0.1) is 0 Å². The van der Waals surface area contributed by atoms with Crippen molar-refractivity contribution < 1.29 is 0 Å². The van der Waals surface area contributed by atoms with Crippen molar-refractivity contribution in [2.24, 2.45) is 0 Å². The summed E-state index contributed by atoms with van der Waals surface area (Å²) < 4.78 is 2.63. The predicted molar refractivity (Wildman–Crippen MR) is 182 cm³/mol. The minimum absolute atomic E-state index is 1.14. The van der Waals surface area contributed by atoms with Crippen LogP contribution in [0.5, 0.6) is 0 Å². The maximum atomic E-state index is 2.41. The SMILES string of the molecule is c1ccc(-c2ccc(-c3cccc(N(c4ccccc4)c4cc5sc6ccccc6c5c5ccccc45)c3)cc2)cc1. The topological polar surface area (TPSA) is 3.24 Å². The van der Waals surface area contributed by atoms with Crippen molar-refractivity contribution in [1.82, 2.24) is 0 Å². The first-order chi connectivity index (χ1) is 20.8. The van der Waals surface area contributed by atoms with E-state index >= 15 is 0 Å². The van der Waals surface area contributed by atoms with E-state index < -0.39 is 0 Å². The van der Waals surface area contributed by atoms with Crippen molar-refractivity contribution in [3.8, 4) is 22.3 Å². The van der Waals surface area contributed by atoms with Crippen LogP contribution < -0.4 is 4.90 Å². The molecule has 0 atom stereocenters. The Morgan fingerprint density at radius 2 is 0.905 bits per heavy atom. The Bertz CT molecular complexity index is 2180. The van der Waals surface area contributed by atoms with Crippen LogP contribution in [0.1, 0.15) is 0 Å². The van der Waals surface area contributed by atoms with Gasteiger partial charge in [-0.15, -0.1) is 11.3 Å². The smallest absolute Gasteiger partial charge is 0.0554 e. The Labute approximate surface area is 249 Å². The summed E-state index contributed by atoms with van der Waals surface area (Å²) in [6.07, 6.45) is 0. The Hall–Kier alpha value is -5.18. The van der Waals surface area contributed by atoms with E-state index in [2.05, 4.69) is 169 Å². The highest BCUT2D eigenvalue weighted by molar-refractivity contribution is 7.26. The fraction of sp³-hybridized carbons (Fsp3) is 0. The summed E-state index contributed by atoms with van der Waals surface area (Å²) in [6, 6.07) is 59.1. The van der Waals surface area contributed by atoms with Gasteiger partial charge in [0.05, 0.1) is 5.69 Å². The molecule has 0 aliphatic carbocycles. The van der Waals surface area contributed by atoms with Gasteiger partial charge in [0, 0.05) is 36.9 Å². The average molecular weight is 554 g/mol. The fourth-order valence-electron chi connectivity index (χ4n) is 6.07. The Kier molecular flexibility index (Phi) is 6.05. The summed E-state index contributed by atoms with van der Waals surface area (Å²) in [5.41, 5.74) is 8.32. The number of thiophene rings is 1. The third-order valence-corrected chi connectivity index (χ3v) is 9.17. The van der Waals surface area contributed by atoms with Gasteiger partial charge in [0.15, 0.2) is 0 Å². The van der Waals surface area contributed by atoms with E-state index in [1.54, 1.807) is 0 Å². The Balaban J connectivity index is 1.31. The number of benzene rings is 7. The molecule has 0 aliphatic heterocycles. The molecular formula is C40H27NS. The minimum Gasteiger partial charge on any atom is -0.310 e. The molecule has 198 valence electrons. The molecule has 0 N–H and O–H groups in total. The van der Waals surface area contributed by atoms with Gasteiger partial charge in [-0.3, -0.25) is 0 Å². The lowest BCUT2D eigenvalue weighted by Crippen LogP contribution is -2.10. The second kappa shape index (κ2) is 10.3. The zero-order valence-corrected chi connectivity index (χ0v) is 23.8. The summed E-state index contributed by atoms with van der Waals surface area (Å²) in [5, 5.41) is 5.20. The number of fused-ring (bicyclic) bond motifs is 5. The molecule has 2 heteroatoms. The first-order valence-electron chi connectivity index (χ1n) is 14.3. The first-order valence-corrected chi connectivity index (χ1v) is 15.1. The molecule has 0 aliphatic rings. The normalized spacial score (nSPS) is 11.3. The van der Waals surface area contributed by atoms with Gasteiger partial charge in [0.1, 0.15) is 0 Å². The number of hydrogen-bond donors (Lipinski definition) is 0. The lowest BCUT2D eigenvalue weighted by Gasteiger charge is -2.27. The van der Waals surface area contributed by atoms with Crippen molar-refractivity contribution >= 4 is 59.3 Å². The molecule has 42 heavy (non-hydrogen) atoms. The summed E-state index contributed by atoms with van der Waals surface area (Å²) in [5.74, 6) is 0. The van der Waals surface area contributed by atoms with E-state index in [-0.39, 0.29) is 0 Å². The van der Waals surface area contributed by atoms with Crippen molar-refractivity contribution in [2.45, 2.75) is 0 Å². The first kappa shape index (κ1) is 24.6. The zero-order valence-electron chi connectivity index (χ0n) is 22.9.